The smallest absolute Gasteiger partial charge is 0.0524 e. The minimum absolute atomic E-state index is 0.458. The number of hydrogen-bond donors (Lipinski definition) is 2. The van der Waals surface area contributed by atoms with Crippen LogP contribution in [0.5, 0.6) is 0 Å². The first-order valence-electron chi connectivity index (χ1n) is 9.99. The van der Waals surface area contributed by atoms with E-state index in [1.165, 1.54) is 16.1 Å². The Labute approximate surface area is 173 Å². The summed E-state index contributed by atoms with van der Waals surface area (Å²) in [6, 6.07) is 28.1. The molecule has 146 valence electrons. The van der Waals surface area contributed by atoms with E-state index in [2.05, 4.69) is 104 Å². The van der Waals surface area contributed by atoms with Crippen molar-refractivity contribution in [1.82, 2.24) is 0 Å². The minimum Gasteiger partial charge on any atom is -0.383 e. The lowest BCUT2D eigenvalue weighted by molar-refractivity contribution is 0.540. The molecule has 1 atom stereocenters. The van der Waals surface area contributed by atoms with Crippen LogP contribution in [0, 0.1) is 5.92 Å². The third kappa shape index (κ3) is 6.35. The van der Waals surface area contributed by atoms with Gasteiger partial charge in [0.2, 0.25) is 0 Å². The van der Waals surface area contributed by atoms with Gasteiger partial charge < -0.3 is 10.6 Å². The molecule has 3 aromatic carbocycles. The average Bonchev–Trinajstić information content (AvgIpc) is 2.69. The van der Waals surface area contributed by atoms with Crippen LogP contribution in [-0.4, -0.2) is 6.04 Å². The highest BCUT2D eigenvalue weighted by atomic mass is 32.2. The second-order valence-corrected chi connectivity index (χ2v) is 8.67. The Morgan fingerprint density at radius 3 is 2.14 bits per heavy atom. The molecule has 0 aromatic heterocycles. The molecule has 0 bridgehead atoms. The Morgan fingerprint density at radius 1 is 0.786 bits per heavy atom. The van der Waals surface area contributed by atoms with Crippen molar-refractivity contribution in [2.24, 2.45) is 5.92 Å². The molecule has 0 saturated carbocycles. The van der Waals surface area contributed by atoms with E-state index in [0.717, 1.165) is 23.5 Å². The van der Waals surface area contributed by atoms with E-state index in [4.69, 9.17) is 0 Å². The van der Waals surface area contributed by atoms with E-state index in [9.17, 15) is 0 Å². The number of anilines is 3. The summed E-state index contributed by atoms with van der Waals surface area (Å²) < 4.78 is 0. The summed E-state index contributed by atoms with van der Waals surface area (Å²) in [6.45, 7) is 6.80. The van der Waals surface area contributed by atoms with Gasteiger partial charge in [0.25, 0.3) is 0 Å². The Kier molecular flexibility index (Phi) is 7.44. The van der Waals surface area contributed by atoms with Gasteiger partial charge in [-0.3, -0.25) is 0 Å². The van der Waals surface area contributed by atoms with Gasteiger partial charge in [-0.05, 0) is 55.2 Å². The van der Waals surface area contributed by atoms with Crippen molar-refractivity contribution in [3.63, 3.8) is 0 Å². The largest absolute Gasteiger partial charge is 0.383 e. The molecule has 2 N–H and O–H groups in total. The third-order valence-electron chi connectivity index (χ3n) is 4.51. The maximum atomic E-state index is 3.66. The normalized spacial score (nSPS) is 12.0. The van der Waals surface area contributed by atoms with Crippen LogP contribution in [0.3, 0.4) is 0 Å². The standard InChI is InChI=1S/C25H30N2S/c1-19(2)16-20(3)26-23-14-15-24(27-22-12-8-5-9-13-22)25(17-23)28-18-21-10-6-4-7-11-21/h4-15,17,19-20,26-27H,16,18H2,1-3H3. The summed E-state index contributed by atoms with van der Waals surface area (Å²) in [7, 11) is 0. The molecule has 0 heterocycles. The number of hydrogen-bond acceptors (Lipinski definition) is 3. The lowest BCUT2D eigenvalue weighted by atomic mass is 10.1. The van der Waals surface area contributed by atoms with Gasteiger partial charge in [0.1, 0.15) is 0 Å². The first kappa shape index (κ1) is 20.3. The highest BCUT2D eigenvalue weighted by molar-refractivity contribution is 7.98. The van der Waals surface area contributed by atoms with Gasteiger partial charge in [0.05, 0.1) is 5.69 Å². The number of nitrogens with one attached hydrogen (secondary N) is 2. The van der Waals surface area contributed by atoms with Gasteiger partial charge in [0, 0.05) is 28.1 Å². The fourth-order valence-corrected chi connectivity index (χ4v) is 4.30. The van der Waals surface area contributed by atoms with Crippen molar-refractivity contribution in [2.75, 3.05) is 10.6 Å². The zero-order valence-corrected chi connectivity index (χ0v) is 17.8. The van der Waals surface area contributed by atoms with Crippen LogP contribution in [0.25, 0.3) is 0 Å². The van der Waals surface area contributed by atoms with Crippen LogP contribution in [0.4, 0.5) is 17.1 Å². The Hall–Kier alpha value is -2.39. The molecule has 0 aliphatic carbocycles. The molecular weight excluding hydrogens is 360 g/mol. The van der Waals surface area contributed by atoms with Gasteiger partial charge in [-0.2, -0.15) is 0 Å². The molecule has 0 spiro atoms. The van der Waals surface area contributed by atoms with Crippen LogP contribution < -0.4 is 10.6 Å². The topological polar surface area (TPSA) is 24.1 Å². The summed E-state index contributed by atoms with van der Waals surface area (Å²) in [5.41, 5.74) is 4.78. The molecule has 0 fully saturated rings. The van der Waals surface area contributed by atoms with Crippen LogP contribution in [-0.2, 0) is 5.75 Å². The van der Waals surface area contributed by atoms with Crippen molar-refractivity contribution in [3.8, 4) is 0 Å². The molecule has 0 saturated heterocycles. The molecule has 0 aliphatic rings. The maximum absolute atomic E-state index is 3.66. The van der Waals surface area contributed by atoms with Crippen LogP contribution in [0.2, 0.25) is 0 Å². The fourth-order valence-electron chi connectivity index (χ4n) is 3.30. The SMILES string of the molecule is CC(C)CC(C)Nc1ccc(Nc2ccccc2)c(SCc2ccccc2)c1. The lowest BCUT2D eigenvalue weighted by Crippen LogP contribution is -2.17. The lowest BCUT2D eigenvalue weighted by Gasteiger charge is -2.19. The van der Waals surface area contributed by atoms with Gasteiger partial charge in [-0.1, -0.05) is 62.4 Å². The van der Waals surface area contributed by atoms with Gasteiger partial charge in [-0.25, -0.2) is 0 Å². The summed E-state index contributed by atoms with van der Waals surface area (Å²) in [5, 5.41) is 7.23. The summed E-state index contributed by atoms with van der Waals surface area (Å²) >= 11 is 1.87. The quantitative estimate of drug-likeness (QED) is 0.368. The number of para-hydroxylation sites is 1. The second-order valence-electron chi connectivity index (χ2n) is 7.65. The van der Waals surface area contributed by atoms with Gasteiger partial charge in [-0.15, -0.1) is 11.8 Å². The van der Waals surface area contributed by atoms with Crippen molar-refractivity contribution in [1.29, 1.82) is 0 Å². The van der Waals surface area contributed by atoms with Crippen molar-refractivity contribution >= 4 is 28.8 Å². The predicted molar refractivity (Wildman–Crippen MR) is 125 cm³/mol. The number of benzene rings is 3. The van der Waals surface area contributed by atoms with Crippen molar-refractivity contribution in [2.45, 2.75) is 43.9 Å². The summed E-state index contributed by atoms with van der Waals surface area (Å²) in [4.78, 5) is 1.26. The highest BCUT2D eigenvalue weighted by Crippen LogP contribution is 2.34. The molecule has 3 heteroatoms. The molecule has 0 amide bonds. The Balaban J connectivity index is 1.79. The van der Waals surface area contributed by atoms with E-state index in [-0.39, 0.29) is 0 Å². The molecule has 1 unspecified atom stereocenters. The molecule has 0 aliphatic heterocycles. The predicted octanol–water partition coefficient (Wildman–Crippen LogP) is 7.57. The third-order valence-corrected chi connectivity index (χ3v) is 5.64. The molecule has 2 nitrogen and oxygen atoms in total. The number of thioether (sulfide) groups is 1. The average molecular weight is 391 g/mol. The van der Waals surface area contributed by atoms with Crippen LogP contribution in [0.1, 0.15) is 32.8 Å². The van der Waals surface area contributed by atoms with E-state index in [1.807, 2.05) is 17.8 Å². The molecule has 28 heavy (non-hydrogen) atoms. The minimum atomic E-state index is 0.458. The maximum Gasteiger partial charge on any atom is 0.0524 e. The molecular formula is C25H30N2S. The summed E-state index contributed by atoms with van der Waals surface area (Å²) in [6.07, 6.45) is 1.16. The van der Waals surface area contributed by atoms with Crippen molar-refractivity contribution in [3.05, 3.63) is 84.4 Å². The first-order valence-corrected chi connectivity index (χ1v) is 11.0. The fraction of sp³-hybridized carbons (Fsp3) is 0.280. The molecule has 3 aromatic rings. The zero-order valence-electron chi connectivity index (χ0n) is 17.0. The summed E-state index contributed by atoms with van der Waals surface area (Å²) in [5.74, 6) is 1.64. The Bertz CT molecular complexity index is 847. The van der Waals surface area contributed by atoms with Crippen LogP contribution >= 0.6 is 11.8 Å². The van der Waals surface area contributed by atoms with E-state index in [1.54, 1.807) is 0 Å². The number of rotatable bonds is 9. The van der Waals surface area contributed by atoms with E-state index in [0.29, 0.717) is 12.0 Å². The Morgan fingerprint density at radius 2 is 1.46 bits per heavy atom. The van der Waals surface area contributed by atoms with E-state index >= 15 is 0 Å². The second kappa shape index (κ2) is 10.2. The molecule has 3 rings (SSSR count). The zero-order chi connectivity index (χ0) is 19.8. The van der Waals surface area contributed by atoms with Gasteiger partial charge >= 0.3 is 0 Å². The van der Waals surface area contributed by atoms with E-state index < -0.39 is 0 Å². The monoisotopic (exact) mass is 390 g/mol. The van der Waals surface area contributed by atoms with Crippen molar-refractivity contribution < 1.29 is 0 Å². The van der Waals surface area contributed by atoms with Gasteiger partial charge in [0.15, 0.2) is 0 Å². The van der Waals surface area contributed by atoms with Crippen LogP contribution in [0.15, 0.2) is 83.8 Å². The highest BCUT2D eigenvalue weighted by Gasteiger charge is 2.09. The first-order chi connectivity index (χ1) is 13.6. The molecule has 0 radical (unpaired) electrons.